The van der Waals surface area contributed by atoms with E-state index in [0.717, 1.165) is 16.9 Å². The van der Waals surface area contributed by atoms with E-state index in [1.807, 2.05) is 18.2 Å². The number of fused-ring (bicyclic) bond motifs is 1. The number of rotatable bonds is 1. The summed E-state index contributed by atoms with van der Waals surface area (Å²) in [5.74, 6) is 1.07. The quantitative estimate of drug-likeness (QED) is 0.682. The van der Waals surface area contributed by atoms with Crippen LogP contribution >= 0.6 is 0 Å². The molecule has 0 unspecified atom stereocenters. The van der Waals surface area contributed by atoms with Crippen LogP contribution in [0.2, 0.25) is 0 Å². The Kier molecular flexibility index (Phi) is 1.50. The highest BCUT2D eigenvalue weighted by Gasteiger charge is 2.17. The van der Waals surface area contributed by atoms with Crippen LogP contribution < -0.4 is 4.74 Å². The average Bonchev–Trinajstić information content (AvgIpc) is 2.47. The molecule has 1 aliphatic heterocycles. The van der Waals surface area contributed by atoms with Crippen LogP contribution in [0.25, 0.3) is 0 Å². The Bertz CT molecular complexity index is 333. The van der Waals surface area contributed by atoms with Gasteiger partial charge in [0.2, 0.25) is 5.90 Å². The number of hydrogen-bond acceptors (Lipinski definition) is 3. The summed E-state index contributed by atoms with van der Waals surface area (Å²) in [6.07, 6.45) is 0. The highest BCUT2D eigenvalue weighted by molar-refractivity contribution is 5.95. The van der Waals surface area contributed by atoms with Gasteiger partial charge in [-0.15, -0.1) is 0 Å². The molecule has 3 nitrogen and oxygen atoms in total. The van der Waals surface area contributed by atoms with E-state index >= 15 is 0 Å². The van der Waals surface area contributed by atoms with Gasteiger partial charge >= 0.3 is 0 Å². The first-order valence-electron chi connectivity index (χ1n) is 3.70. The number of benzene rings is 1. The monoisotopic (exact) mass is 163 g/mol. The first kappa shape index (κ1) is 7.16. The zero-order valence-corrected chi connectivity index (χ0v) is 6.76. The van der Waals surface area contributed by atoms with Crippen molar-refractivity contribution in [1.82, 2.24) is 0 Å². The van der Waals surface area contributed by atoms with E-state index in [9.17, 15) is 0 Å². The summed E-state index contributed by atoms with van der Waals surface area (Å²) < 4.78 is 10.1. The molecule has 1 aliphatic rings. The molecule has 0 amide bonds. The van der Waals surface area contributed by atoms with E-state index in [1.165, 1.54) is 0 Å². The van der Waals surface area contributed by atoms with E-state index in [4.69, 9.17) is 14.9 Å². The van der Waals surface area contributed by atoms with Crippen molar-refractivity contribution in [2.45, 2.75) is 6.61 Å². The molecule has 1 heterocycles. The molecule has 0 aliphatic carbocycles. The summed E-state index contributed by atoms with van der Waals surface area (Å²) in [6.45, 7) is 0.491. The molecule has 12 heavy (non-hydrogen) atoms. The van der Waals surface area contributed by atoms with Gasteiger partial charge in [0.25, 0.3) is 0 Å². The van der Waals surface area contributed by atoms with Gasteiger partial charge in [-0.3, -0.25) is 5.41 Å². The molecule has 0 fully saturated rings. The average molecular weight is 163 g/mol. The topological polar surface area (TPSA) is 42.3 Å². The molecule has 0 saturated carbocycles. The molecular weight excluding hydrogens is 154 g/mol. The van der Waals surface area contributed by atoms with Crippen molar-refractivity contribution < 1.29 is 9.47 Å². The summed E-state index contributed by atoms with van der Waals surface area (Å²) in [5, 5.41) is 7.40. The fraction of sp³-hybridized carbons (Fsp3) is 0.222. The standard InChI is InChI=1S/C9H9NO2/c1-11-7-2-3-8-6(4-7)5-12-9(8)10/h2-4,10H,5H2,1H3. The second kappa shape index (κ2) is 2.52. The smallest absolute Gasteiger partial charge is 0.213 e. The molecule has 0 aromatic heterocycles. The van der Waals surface area contributed by atoms with Crippen molar-refractivity contribution in [2.24, 2.45) is 0 Å². The van der Waals surface area contributed by atoms with Crippen molar-refractivity contribution in [3.63, 3.8) is 0 Å². The Hall–Kier alpha value is -1.51. The molecule has 1 aromatic rings. The Morgan fingerprint density at radius 3 is 3.08 bits per heavy atom. The van der Waals surface area contributed by atoms with Crippen LogP contribution in [0.5, 0.6) is 5.75 Å². The van der Waals surface area contributed by atoms with Gasteiger partial charge in [-0.2, -0.15) is 0 Å². The van der Waals surface area contributed by atoms with E-state index in [2.05, 4.69) is 0 Å². The summed E-state index contributed by atoms with van der Waals surface area (Å²) in [7, 11) is 1.63. The van der Waals surface area contributed by atoms with E-state index in [-0.39, 0.29) is 5.90 Å². The third kappa shape index (κ3) is 0.942. The third-order valence-corrected chi connectivity index (χ3v) is 1.93. The zero-order valence-electron chi connectivity index (χ0n) is 6.76. The van der Waals surface area contributed by atoms with Crippen molar-refractivity contribution in [2.75, 3.05) is 7.11 Å². The number of methoxy groups -OCH3 is 1. The first-order valence-corrected chi connectivity index (χ1v) is 3.70. The lowest BCUT2D eigenvalue weighted by Gasteiger charge is -2.00. The van der Waals surface area contributed by atoms with Crippen LogP contribution in [-0.2, 0) is 11.3 Å². The molecule has 1 N–H and O–H groups in total. The summed E-state index contributed by atoms with van der Waals surface area (Å²) >= 11 is 0. The van der Waals surface area contributed by atoms with Crippen LogP contribution in [0, 0.1) is 5.41 Å². The minimum absolute atomic E-state index is 0.257. The van der Waals surface area contributed by atoms with Gasteiger partial charge in [-0.25, -0.2) is 0 Å². The van der Waals surface area contributed by atoms with Crippen molar-refractivity contribution in [1.29, 1.82) is 5.41 Å². The van der Waals surface area contributed by atoms with Gasteiger partial charge in [-0.05, 0) is 18.2 Å². The molecule has 0 spiro atoms. The maximum absolute atomic E-state index is 7.40. The van der Waals surface area contributed by atoms with E-state index in [1.54, 1.807) is 7.11 Å². The molecule has 3 heteroatoms. The highest BCUT2D eigenvalue weighted by Crippen LogP contribution is 2.23. The van der Waals surface area contributed by atoms with Crippen LogP contribution in [0.4, 0.5) is 0 Å². The zero-order chi connectivity index (χ0) is 8.55. The molecule has 0 saturated heterocycles. The second-order valence-corrected chi connectivity index (χ2v) is 2.64. The molecule has 62 valence electrons. The molecule has 2 rings (SSSR count). The predicted octanol–water partition coefficient (Wildman–Crippen LogP) is 1.55. The van der Waals surface area contributed by atoms with Gasteiger partial charge < -0.3 is 9.47 Å². The maximum Gasteiger partial charge on any atom is 0.213 e. The van der Waals surface area contributed by atoms with Crippen LogP contribution in [0.1, 0.15) is 11.1 Å². The van der Waals surface area contributed by atoms with E-state index < -0.39 is 0 Å². The molecule has 0 atom stereocenters. The highest BCUT2D eigenvalue weighted by atomic mass is 16.5. The van der Waals surface area contributed by atoms with Crippen LogP contribution in [-0.4, -0.2) is 13.0 Å². The van der Waals surface area contributed by atoms with Crippen molar-refractivity contribution in [3.05, 3.63) is 29.3 Å². The van der Waals surface area contributed by atoms with Gasteiger partial charge in [0.15, 0.2) is 0 Å². The molecule has 1 aromatic carbocycles. The normalized spacial score (nSPS) is 13.9. The Labute approximate surface area is 70.4 Å². The number of ether oxygens (including phenoxy) is 2. The Balaban J connectivity index is 2.48. The fourth-order valence-electron chi connectivity index (χ4n) is 1.27. The van der Waals surface area contributed by atoms with Crippen LogP contribution in [0.3, 0.4) is 0 Å². The molecule has 0 bridgehead atoms. The second-order valence-electron chi connectivity index (χ2n) is 2.64. The number of nitrogens with one attached hydrogen (secondary N) is 1. The minimum Gasteiger partial charge on any atom is -0.497 e. The first-order chi connectivity index (χ1) is 5.81. The largest absolute Gasteiger partial charge is 0.497 e. The predicted molar refractivity (Wildman–Crippen MR) is 44.6 cm³/mol. The van der Waals surface area contributed by atoms with Gasteiger partial charge in [-0.1, -0.05) is 0 Å². The Morgan fingerprint density at radius 2 is 2.33 bits per heavy atom. The lowest BCUT2D eigenvalue weighted by atomic mass is 10.1. The molecular formula is C9H9NO2. The van der Waals surface area contributed by atoms with E-state index in [0.29, 0.717) is 6.61 Å². The Morgan fingerprint density at radius 1 is 1.50 bits per heavy atom. The van der Waals surface area contributed by atoms with Crippen molar-refractivity contribution >= 4 is 5.90 Å². The van der Waals surface area contributed by atoms with Gasteiger partial charge in [0.1, 0.15) is 12.4 Å². The summed E-state index contributed by atoms with van der Waals surface area (Å²) in [5.41, 5.74) is 1.90. The van der Waals surface area contributed by atoms with Gasteiger partial charge in [0, 0.05) is 11.1 Å². The van der Waals surface area contributed by atoms with Crippen molar-refractivity contribution in [3.8, 4) is 5.75 Å². The fourth-order valence-corrected chi connectivity index (χ4v) is 1.27. The van der Waals surface area contributed by atoms with Gasteiger partial charge in [0.05, 0.1) is 7.11 Å². The third-order valence-electron chi connectivity index (χ3n) is 1.93. The maximum atomic E-state index is 7.40. The van der Waals surface area contributed by atoms with Crippen LogP contribution in [0.15, 0.2) is 18.2 Å². The summed E-state index contributed by atoms with van der Waals surface area (Å²) in [6, 6.07) is 5.59. The SMILES string of the molecule is COc1ccc2c(c1)COC2=N. The molecule has 0 radical (unpaired) electrons. The minimum atomic E-state index is 0.257. The number of hydrogen-bond donors (Lipinski definition) is 1. The lowest BCUT2D eigenvalue weighted by molar-refractivity contribution is 0.309. The lowest BCUT2D eigenvalue weighted by Crippen LogP contribution is -1.93. The summed E-state index contributed by atoms with van der Waals surface area (Å²) in [4.78, 5) is 0.